The van der Waals surface area contributed by atoms with Gasteiger partial charge in [0.05, 0.1) is 5.69 Å². The molecule has 1 aromatic heterocycles. The van der Waals surface area contributed by atoms with Gasteiger partial charge in [0, 0.05) is 32.9 Å². The van der Waals surface area contributed by atoms with Crippen LogP contribution in [0.15, 0.2) is 18.3 Å². The molecule has 14 heavy (non-hydrogen) atoms. The average molecular weight is 194 g/mol. The number of hydrogen-bond donors (Lipinski definition) is 2. The van der Waals surface area contributed by atoms with Crippen LogP contribution < -0.4 is 10.7 Å². The van der Waals surface area contributed by atoms with Crippen LogP contribution in [0.25, 0.3) is 0 Å². The Kier molecular flexibility index (Phi) is 4.19. The summed E-state index contributed by atoms with van der Waals surface area (Å²) >= 11 is 0. The van der Waals surface area contributed by atoms with E-state index in [-0.39, 0.29) is 0 Å². The Morgan fingerprint density at radius 1 is 1.43 bits per heavy atom. The lowest BCUT2D eigenvalue weighted by atomic mass is 10.4. The summed E-state index contributed by atoms with van der Waals surface area (Å²) < 4.78 is 0. The lowest BCUT2D eigenvalue weighted by molar-refractivity contribution is 0.495. The van der Waals surface area contributed by atoms with E-state index in [1.165, 1.54) is 0 Å². The fraction of sp³-hybridized carbons (Fsp3) is 0.500. The van der Waals surface area contributed by atoms with Crippen molar-refractivity contribution in [3.8, 4) is 0 Å². The van der Waals surface area contributed by atoms with Crippen LogP contribution in [-0.2, 0) is 0 Å². The van der Waals surface area contributed by atoms with Crippen molar-refractivity contribution in [2.75, 3.05) is 31.4 Å². The first-order valence-corrected chi connectivity index (χ1v) is 4.86. The molecule has 0 aliphatic carbocycles. The highest BCUT2D eigenvalue weighted by Crippen LogP contribution is 2.11. The van der Waals surface area contributed by atoms with Gasteiger partial charge in [-0.05, 0) is 12.5 Å². The molecule has 0 spiro atoms. The number of aromatic nitrogens is 1. The van der Waals surface area contributed by atoms with Crippen LogP contribution in [0.4, 0.5) is 11.5 Å². The van der Waals surface area contributed by atoms with E-state index in [1.807, 2.05) is 31.2 Å². The topological polar surface area (TPSA) is 40.2 Å². The molecule has 0 aliphatic heterocycles. The summed E-state index contributed by atoms with van der Waals surface area (Å²) in [5.41, 5.74) is 4.22. The predicted molar refractivity (Wildman–Crippen MR) is 60.3 cm³/mol. The molecule has 0 amide bonds. The van der Waals surface area contributed by atoms with E-state index < -0.39 is 0 Å². The molecule has 0 aliphatic rings. The first-order valence-electron chi connectivity index (χ1n) is 4.86. The highest BCUT2D eigenvalue weighted by atomic mass is 15.5. The van der Waals surface area contributed by atoms with Crippen LogP contribution in [0.5, 0.6) is 0 Å². The molecule has 2 N–H and O–H groups in total. The maximum absolute atomic E-state index is 4.21. The van der Waals surface area contributed by atoms with Gasteiger partial charge in [0.25, 0.3) is 0 Å². The van der Waals surface area contributed by atoms with Crippen molar-refractivity contribution < 1.29 is 0 Å². The summed E-state index contributed by atoms with van der Waals surface area (Å²) in [6.07, 6.45) is 2.90. The van der Waals surface area contributed by atoms with Gasteiger partial charge in [-0.3, -0.25) is 0 Å². The monoisotopic (exact) mass is 194 g/mol. The van der Waals surface area contributed by atoms with E-state index in [0.717, 1.165) is 24.5 Å². The molecule has 0 saturated heterocycles. The smallest absolute Gasteiger partial charge is 0.127 e. The largest absolute Gasteiger partial charge is 0.370 e. The van der Waals surface area contributed by atoms with E-state index in [2.05, 4.69) is 22.7 Å². The first-order chi connectivity index (χ1) is 6.72. The second-order valence-corrected chi connectivity index (χ2v) is 3.36. The SMILES string of the molecule is CCCNc1cc(NN(C)C)ccn1. The Morgan fingerprint density at radius 3 is 2.86 bits per heavy atom. The van der Waals surface area contributed by atoms with Crippen LogP contribution >= 0.6 is 0 Å². The molecule has 0 fully saturated rings. The third-order valence-corrected chi connectivity index (χ3v) is 1.67. The van der Waals surface area contributed by atoms with Gasteiger partial charge >= 0.3 is 0 Å². The molecule has 0 unspecified atom stereocenters. The van der Waals surface area contributed by atoms with Crippen molar-refractivity contribution in [3.63, 3.8) is 0 Å². The maximum Gasteiger partial charge on any atom is 0.127 e. The fourth-order valence-electron chi connectivity index (χ4n) is 1.11. The summed E-state index contributed by atoms with van der Waals surface area (Å²) in [7, 11) is 3.92. The van der Waals surface area contributed by atoms with Gasteiger partial charge < -0.3 is 10.7 Å². The highest BCUT2D eigenvalue weighted by Gasteiger charge is 1.96. The van der Waals surface area contributed by atoms with Crippen LogP contribution in [0.1, 0.15) is 13.3 Å². The summed E-state index contributed by atoms with van der Waals surface area (Å²) in [6, 6.07) is 3.94. The Labute approximate surface area is 85.3 Å². The average Bonchev–Trinajstić information content (AvgIpc) is 2.14. The molecular weight excluding hydrogens is 176 g/mol. The second kappa shape index (κ2) is 5.44. The van der Waals surface area contributed by atoms with Gasteiger partial charge in [-0.2, -0.15) is 0 Å². The van der Waals surface area contributed by atoms with Crippen molar-refractivity contribution in [1.82, 2.24) is 9.99 Å². The summed E-state index contributed by atoms with van der Waals surface area (Å²) in [5, 5.41) is 5.14. The van der Waals surface area contributed by atoms with E-state index >= 15 is 0 Å². The van der Waals surface area contributed by atoms with Crippen LogP contribution in [0, 0.1) is 0 Å². The predicted octanol–water partition coefficient (Wildman–Crippen LogP) is 1.79. The number of hydrogen-bond acceptors (Lipinski definition) is 4. The lowest BCUT2D eigenvalue weighted by Gasteiger charge is -2.14. The molecule has 1 aromatic rings. The molecule has 4 nitrogen and oxygen atoms in total. The van der Waals surface area contributed by atoms with E-state index in [9.17, 15) is 0 Å². The van der Waals surface area contributed by atoms with Crippen molar-refractivity contribution in [3.05, 3.63) is 18.3 Å². The zero-order chi connectivity index (χ0) is 10.4. The minimum atomic E-state index is 0.915. The van der Waals surface area contributed by atoms with Crippen molar-refractivity contribution in [1.29, 1.82) is 0 Å². The molecule has 0 radical (unpaired) electrons. The number of nitrogens with zero attached hydrogens (tertiary/aromatic N) is 2. The molecule has 0 saturated carbocycles. The molecule has 1 heterocycles. The zero-order valence-corrected chi connectivity index (χ0v) is 9.04. The van der Waals surface area contributed by atoms with Crippen LogP contribution in [0.3, 0.4) is 0 Å². The van der Waals surface area contributed by atoms with Crippen LogP contribution in [-0.4, -0.2) is 30.6 Å². The fourth-order valence-corrected chi connectivity index (χ4v) is 1.11. The summed E-state index contributed by atoms with van der Waals surface area (Å²) in [4.78, 5) is 4.21. The molecule has 0 bridgehead atoms. The number of pyridine rings is 1. The summed E-state index contributed by atoms with van der Waals surface area (Å²) in [6.45, 7) is 3.09. The normalized spacial score (nSPS) is 10.3. The van der Waals surface area contributed by atoms with E-state index in [1.54, 1.807) is 6.20 Å². The molecule has 4 heteroatoms. The van der Waals surface area contributed by atoms with Gasteiger partial charge in [0.1, 0.15) is 5.82 Å². The quantitative estimate of drug-likeness (QED) is 0.701. The first kappa shape index (κ1) is 10.8. The van der Waals surface area contributed by atoms with Gasteiger partial charge in [0.15, 0.2) is 0 Å². The Balaban J connectivity index is 2.59. The zero-order valence-electron chi connectivity index (χ0n) is 9.04. The number of rotatable bonds is 5. The Morgan fingerprint density at radius 2 is 2.21 bits per heavy atom. The lowest BCUT2D eigenvalue weighted by Crippen LogP contribution is -2.19. The third-order valence-electron chi connectivity index (χ3n) is 1.67. The standard InChI is InChI=1S/C10H18N4/c1-4-6-11-10-8-9(5-7-12-10)13-14(2)3/h5,7-8H,4,6H2,1-3H3,(H2,11,12,13). The van der Waals surface area contributed by atoms with E-state index in [4.69, 9.17) is 0 Å². The molecule has 1 rings (SSSR count). The van der Waals surface area contributed by atoms with Gasteiger partial charge in [-0.15, -0.1) is 0 Å². The molecular formula is C10H18N4. The van der Waals surface area contributed by atoms with Crippen molar-refractivity contribution >= 4 is 11.5 Å². The minimum absolute atomic E-state index is 0.915. The number of anilines is 2. The van der Waals surface area contributed by atoms with Gasteiger partial charge in [-0.1, -0.05) is 6.92 Å². The second-order valence-electron chi connectivity index (χ2n) is 3.36. The van der Waals surface area contributed by atoms with Gasteiger partial charge in [0.2, 0.25) is 0 Å². The minimum Gasteiger partial charge on any atom is -0.370 e. The maximum atomic E-state index is 4.21. The third kappa shape index (κ3) is 3.62. The van der Waals surface area contributed by atoms with Gasteiger partial charge in [-0.25, -0.2) is 9.99 Å². The molecule has 0 atom stereocenters. The van der Waals surface area contributed by atoms with E-state index in [0.29, 0.717) is 0 Å². The van der Waals surface area contributed by atoms with Crippen molar-refractivity contribution in [2.45, 2.75) is 13.3 Å². The van der Waals surface area contributed by atoms with Crippen molar-refractivity contribution in [2.24, 2.45) is 0 Å². The molecule has 78 valence electrons. The highest BCUT2D eigenvalue weighted by molar-refractivity contribution is 5.51. The number of hydrazine groups is 1. The molecule has 0 aromatic carbocycles. The summed E-state index contributed by atoms with van der Waals surface area (Å²) in [5.74, 6) is 0.915. The number of nitrogens with one attached hydrogen (secondary N) is 2. The Bertz CT molecular complexity index is 273. The van der Waals surface area contributed by atoms with Crippen LogP contribution in [0.2, 0.25) is 0 Å². The Hall–Kier alpha value is -1.29.